The van der Waals surface area contributed by atoms with E-state index in [0.717, 1.165) is 15.4 Å². The summed E-state index contributed by atoms with van der Waals surface area (Å²) >= 11 is 1.63. The fourth-order valence-corrected chi connectivity index (χ4v) is 3.41. The molecule has 0 aliphatic carbocycles. The van der Waals surface area contributed by atoms with Gasteiger partial charge in [0.25, 0.3) is 0 Å². The fraction of sp³-hybridized carbons (Fsp3) is 0.0952. The monoisotopic (exact) mass is 350 g/mol. The predicted molar refractivity (Wildman–Crippen MR) is 99.2 cm³/mol. The Morgan fingerprint density at radius 2 is 1.48 bits per heavy atom. The first kappa shape index (κ1) is 17.1. The highest BCUT2D eigenvalue weighted by Gasteiger charge is 2.21. The first-order valence-electron chi connectivity index (χ1n) is 7.97. The van der Waals surface area contributed by atoms with E-state index in [-0.39, 0.29) is 0 Å². The van der Waals surface area contributed by atoms with Gasteiger partial charge in [-0.2, -0.15) is 0 Å². The van der Waals surface area contributed by atoms with Gasteiger partial charge in [0.05, 0.1) is 0 Å². The maximum Gasteiger partial charge on any atom is 0.345 e. The summed E-state index contributed by atoms with van der Waals surface area (Å²) in [6.45, 7) is 0. The van der Waals surface area contributed by atoms with Crippen LogP contribution in [0.1, 0.15) is 5.56 Å². The topological polar surface area (TPSA) is 46.5 Å². The Hall–Kier alpha value is -2.72. The van der Waals surface area contributed by atoms with E-state index in [4.69, 9.17) is 4.74 Å². The van der Waals surface area contributed by atoms with Gasteiger partial charge in [-0.1, -0.05) is 66.4 Å². The average Bonchev–Trinajstić information content (AvgIpc) is 2.64. The molecule has 0 spiro atoms. The number of hydrogen-bond acceptors (Lipinski definition) is 3. The number of benzene rings is 3. The molecule has 0 saturated carbocycles. The molecule has 4 heteroatoms. The summed E-state index contributed by atoms with van der Waals surface area (Å²) in [5.41, 5.74) is 0.958. The van der Waals surface area contributed by atoms with E-state index in [0.29, 0.717) is 12.2 Å². The largest absolute Gasteiger partial charge is 0.478 e. The number of rotatable bonds is 7. The van der Waals surface area contributed by atoms with E-state index in [9.17, 15) is 9.90 Å². The van der Waals surface area contributed by atoms with Gasteiger partial charge in [0.2, 0.25) is 0 Å². The fourth-order valence-electron chi connectivity index (χ4n) is 2.43. The van der Waals surface area contributed by atoms with Crippen molar-refractivity contribution in [2.45, 2.75) is 22.3 Å². The van der Waals surface area contributed by atoms with Crippen LogP contribution in [-0.4, -0.2) is 17.2 Å². The lowest BCUT2D eigenvalue weighted by molar-refractivity contribution is -0.145. The Morgan fingerprint density at radius 3 is 2.16 bits per heavy atom. The van der Waals surface area contributed by atoms with Gasteiger partial charge in [0.15, 0.2) is 6.10 Å². The molecular weight excluding hydrogens is 332 g/mol. The number of para-hydroxylation sites is 1. The van der Waals surface area contributed by atoms with Crippen LogP contribution in [0.5, 0.6) is 5.75 Å². The first-order valence-corrected chi connectivity index (χ1v) is 8.79. The number of carbonyl (C=O) groups is 1. The van der Waals surface area contributed by atoms with Crippen molar-refractivity contribution in [3.63, 3.8) is 0 Å². The summed E-state index contributed by atoms with van der Waals surface area (Å²) in [6, 6.07) is 26.9. The summed E-state index contributed by atoms with van der Waals surface area (Å²) in [7, 11) is 0. The van der Waals surface area contributed by atoms with Crippen LogP contribution in [0.2, 0.25) is 0 Å². The van der Waals surface area contributed by atoms with Crippen molar-refractivity contribution in [1.29, 1.82) is 0 Å². The van der Waals surface area contributed by atoms with Crippen LogP contribution in [-0.2, 0) is 11.2 Å². The van der Waals surface area contributed by atoms with Crippen LogP contribution in [0.25, 0.3) is 0 Å². The molecule has 1 atom stereocenters. The average molecular weight is 350 g/mol. The third-order valence-corrected chi connectivity index (χ3v) is 4.77. The molecule has 3 aromatic carbocycles. The SMILES string of the molecule is O=C(O)[C@H](Cc1ccccc1Sc1ccccc1)Oc1ccccc1. The number of carboxylic acids is 1. The van der Waals surface area contributed by atoms with Crippen LogP contribution in [0, 0.1) is 0 Å². The normalized spacial score (nSPS) is 11.7. The van der Waals surface area contributed by atoms with Crippen molar-refractivity contribution in [1.82, 2.24) is 0 Å². The van der Waals surface area contributed by atoms with Crippen LogP contribution in [0.4, 0.5) is 0 Å². The van der Waals surface area contributed by atoms with Gasteiger partial charge < -0.3 is 9.84 Å². The van der Waals surface area contributed by atoms with E-state index in [1.165, 1.54) is 0 Å². The summed E-state index contributed by atoms with van der Waals surface area (Å²) in [6.07, 6.45) is -0.625. The predicted octanol–water partition coefficient (Wildman–Crippen LogP) is 4.91. The van der Waals surface area contributed by atoms with Gasteiger partial charge in [0, 0.05) is 16.2 Å². The lowest BCUT2D eigenvalue weighted by Gasteiger charge is -2.17. The Morgan fingerprint density at radius 1 is 0.880 bits per heavy atom. The van der Waals surface area contributed by atoms with Crippen molar-refractivity contribution in [3.8, 4) is 5.75 Å². The minimum Gasteiger partial charge on any atom is -0.478 e. The zero-order valence-corrected chi connectivity index (χ0v) is 14.4. The number of carboxylic acid groups (broad SMARTS) is 1. The van der Waals surface area contributed by atoms with Crippen LogP contribution < -0.4 is 4.74 Å². The van der Waals surface area contributed by atoms with Crippen molar-refractivity contribution >= 4 is 17.7 Å². The third-order valence-electron chi connectivity index (χ3n) is 3.65. The lowest BCUT2D eigenvalue weighted by atomic mass is 10.1. The molecule has 0 unspecified atom stereocenters. The highest BCUT2D eigenvalue weighted by Crippen LogP contribution is 2.31. The highest BCUT2D eigenvalue weighted by atomic mass is 32.2. The highest BCUT2D eigenvalue weighted by molar-refractivity contribution is 7.99. The molecule has 0 saturated heterocycles. The molecule has 0 amide bonds. The minimum atomic E-state index is -0.969. The van der Waals surface area contributed by atoms with E-state index in [1.807, 2.05) is 72.8 Å². The maximum atomic E-state index is 11.6. The Bertz CT molecular complexity index is 819. The summed E-state index contributed by atoms with van der Waals surface area (Å²) in [5, 5.41) is 9.54. The van der Waals surface area contributed by atoms with E-state index < -0.39 is 12.1 Å². The molecule has 3 rings (SSSR count). The van der Waals surface area contributed by atoms with E-state index >= 15 is 0 Å². The quantitative estimate of drug-likeness (QED) is 0.657. The Labute approximate surface area is 151 Å². The van der Waals surface area contributed by atoms with Gasteiger partial charge in [-0.15, -0.1) is 0 Å². The molecular formula is C21H18O3S. The number of hydrogen-bond donors (Lipinski definition) is 1. The molecule has 126 valence electrons. The van der Waals surface area contributed by atoms with Crippen LogP contribution in [0.3, 0.4) is 0 Å². The maximum absolute atomic E-state index is 11.6. The van der Waals surface area contributed by atoms with Crippen LogP contribution >= 0.6 is 11.8 Å². The third kappa shape index (κ3) is 4.88. The zero-order chi connectivity index (χ0) is 17.5. The first-order chi connectivity index (χ1) is 12.2. The van der Waals surface area contributed by atoms with Gasteiger partial charge >= 0.3 is 5.97 Å². The molecule has 1 N–H and O–H groups in total. The summed E-state index contributed by atoms with van der Waals surface area (Å²) in [4.78, 5) is 13.8. The summed E-state index contributed by atoms with van der Waals surface area (Å²) < 4.78 is 5.68. The second-order valence-electron chi connectivity index (χ2n) is 5.48. The number of aliphatic carboxylic acids is 1. The molecule has 0 aliphatic rings. The molecule has 25 heavy (non-hydrogen) atoms. The smallest absolute Gasteiger partial charge is 0.345 e. The molecule has 0 bridgehead atoms. The van der Waals surface area contributed by atoms with Gasteiger partial charge in [0.1, 0.15) is 5.75 Å². The minimum absolute atomic E-state index is 0.306. The zero-order valence-electron chi connectivity index (χ0n) is 13.5. The van der Waals surface area contributed by atoms with Crippen molar-refractivity contribution < 1.29 is 14.6 Å². The Kier molecular flexibility index (Phi) is 5.75. The van der Waals surface area contributed by atoms with E-state index in [2.05, 4.69) is 0 Å². The van der Waals surface area contributed by atoms with Gasteiger partial charge in [-0.05, 0) is 35.9 Å². The van der Waals surface area contributed by atoms with Crippen molar-refractivity contribution in [2.24, 2.45) is 0 Å². The molecule has 0 heterocycles. The summed E-state index contributed by atoms with van der Waals surface area (Å²) in [5.74, 6) is -0.411. The standard InChI is InChI=1S/C21H18O3S/c22-21(23)19(24-17-10-3-1-4-11-17)15-16-9-7-8-14-20(16)25-18-12-5-2-6-13-18/h1-14,19H,15H2,(H,22,23)/t19-/m0/s1. The molecule has 3 aromatic rings. The van der Waals surface area contributed by atoms with Gasteiger partial charge in [-0.3, -0.25) is 0 Å². The molecule has 0 aromatic heterocycles. The van der Waals surface area contributed by atoms with Gasteiger partial charge in [-0.25, -0.2) is 4.79 Å². The van der Waals surface area contributed by atoms with Crippen molar-refractivity contribution in [3.05, 3.63) is 90.5 Å². The molecule has 0 radical (unpaired) electrons. The second kappa shape index (κ2) is 8.40. The molecule has 3 nitrogen and oxygen atoms in total. The van der Waals surface area contributed by atoms with Crippen LogP contribution in [0.15, 0.2) is 94.7 Å². The van der Waals surface area contributed by atoms with E-state index in [1.54, 1.807) is 23.9 Å². The molecule has 0 fully saturated rings. The van der Waals surface area contributed by atoms with Crippen molar-refractivity contribution in [2.75, 3.05) is 0 Å². The Balaban J connectivity index is 1.79. The lowest BCUT2D eigenvalue weighted by Crippen LogP contribution is -2.29. The second-order valence-corrected chi connectivity index (χ2v) is 6.60. The molecule has 0 aliphatic heterocycles. The number of ether oxygens (including phenoxy) is 1.